The summed E-state index contributed by atoms with van der Waals surface area (Å²) in [6, 6.07) is 1.18. The lowest BCUT2D eigenvalue weighted by molar-refractivity contribution is -0.123. The molecule has 9 heteroatoms. The van der Waals surface area contributed by atoms with E-state index in [9.17, 15) is 22.4 Å². The molecule has 21 heavy (non-hydrogen) atoms. The van der Waals surface area contributed by atoms with Crippen molar-refractivity contribution in [2.75, 3.05) is 6.54 Å². The van der Waals surface area contributed by atoms with E-state index < -0.39 is 24.4 Å². The number of hydrogen-bond donors (Lipinski definition) is 1. The molecule has 0 saturated heterocycles. The fourth-order valence-corrected chi connectivity index (χ4v) is 2.48. The summed E-state index contributed by atoms with van der Waals surface area (Å²) in [6.07, 6.45) is -2.11. The average molecular weight is 319 g/mol. The predicted octanol–water partition coefficient (Wildman–Crippen LogP) is 2.94. The van der Waals surface area contributed by atoms with E-state index >= 15 is 0 Å². The van der Waals surface area contributed by atoms with Crippen molar-refractivity contribution in [3.05, 3.63) is 34.8 Å². The number of hydrogen-bond acceptors (Lipinski definition) is 4. The molecule has 0 bridgehead atoms. The Morgan fingerprint density at radius 1 is 1.38 bits per heavy atom. The van der Waals surface area contributed by atoms with Crippen LogP contribution in [0.5, 0.6) is 0 Å². The first-order chi connectivity index (χ1) is 9.76. The van der Waals surface area contributed by atoms with Crippen LogP contribution >= 0.6 is 11.3 Å². The average Bonchev–Trinajstić information content (AvgIpc) is 2.77. The Morgan fingerprint density at radius 3 is 2.71 bits per heavy atom. The van der Waals surface area contributed by atoms with Crippen molar-refractivity contribution in [2.45, 2.75) is 13.1 Å². The minimum Gasteiger partial charge on any atom is -0.342 e. The Kier molecular flexibility index (Phi) is 4.21. The number of nitrogens with zero attached hydrogens (tertiary/aromatic N) is 2. The molecule has 0 aromatic carbocycles. The highest BCUT2D eigenvalue weighted by Gasteiger charge is 2.28. The summed E-state index contributed by atoms with van der Waals surface area (Å²) in [5, 5.41) is 2.09. The second-order valence-electron chi connectivity index (χ2n) is 4.12. The SMILES string of the molecule is Cc1nc(-c2cncc(F)c2)sc1C(=O)NCC(F)(F)F. The molecule has 2 aromatic heterocycles. The van der Waals surface area contributed by atoms with E-state index in [1.54, 1.807) is 5.32 Å². The van der Waals surface area contributed by atoms with Gasteiger partial charge in [-0.25, -0.2) is 9.37 Å². The topological polar surface area (TPSA) is 54.9 Å². The maximum Gasteiger partial charge on any atom is 0.405 e. The van der Waals surface area contributed by atoms with Crippen LogP contribution in [0.15, 0.2) is 18.5 Å². The van der Waals surface area contributed by atoms with E-state index in [1.165, 1.54) is 19.2 Å². The number of rotatable bonds is 3. The van der Waals surface area contributed by atoms with Crippen molar-refractivity contribution in [3.63, 3.8) is 0 Å². The minimum absolute atomic E-state index is 0.0542. The molecule has 0 fully saturated rings. The van der Waals surface area contributed by atoms with E-state index in [1.807, 2.05) is 0 Å². The first kappa shape index (κ1) is 15.4. The molecule has 2 rings (SSSR count). The Hall–Kier alpha value is -2.03. The van der Waals surface area contributed by atoms with Gasteiger partial charge in [0.1, 0.15) is 22.2 Å². The van der Waals surface area contributed by atoms with Crippen molar-refractivity contribution in [2.24, 2.45) is 0 Å². The van der Waals surface area contributed by atoms with Crippen LogP contribution in [0.25, 0.3) is 10.6 Å². The molecular weight excluding hydrogens is 310 g/mol. The Bertz CT molecular complexity index is 669. The molecular formula is C12H9F4N3OS. The molecule has 1 N–H and O–H groups in total. The van der Waals surface area contributed by atoms with Gasteiger partial charge in [0.2, 0.25) is 0 Å². The first-order valence-electron chi connectivity index (χ1n) is 5.69. The van der Waals surface area contributed by atoms with E-state index in [-0.39, 0.29) is 10.6 Å². The lowest BCUT2D eigenvalue weighted by Gasteiger charge is -2.07. The molecule has 0 aliphatic heterocycles. The zero-order valence-corrected chi connectivity index (χ0v) is 11.5. The summed E-state index contributed by atoms with van der Waals surface area (Å²) < 4.78 is 49.3. The van der Waals surface area contributed by atoms with Crippen LogP contribution in [0.2, 0.25) is 0 Å². The summed E-state index contributed by atoms with van der Waals surface area (Å²) >= 11 is 0.883. The van der Waals surface area contributed by atoms with Crippen molar-refractivity contribution >= 4 is 17.2 Å². The van der Waals surface area contributed by atoms with Crippen molar-refractivity contribution < 1.29 is 22.4 Å². The quantitative estimate of drug-likeness (QED) is 0.885. The Balaban J connectivity index is 2.21. The number of carbonyl (C=O) groups is 1. The van der Waals surface area contributed by atoms with Gasteiger partial charge in [-0.2, -0.15) is 13.2 Å². The zero-order chi connectivity index (χ0) is 15.6. The molecule has 0 spiro atoms. The maximum atomic E-state index is 13.1. The van der Waals surface area contributed by atoms with E-state index in [4.69, 9.17) is 0 Å². The maximum absolute atomic E-state index is 13.1. The van der Waals surface area contributed by atoms with Gasteiger partial charge in [0, 0.05) is 11.8 Å². The highest BCUT2D eigenvalue weighted by Crippen LogP contribution is 2.27. The van der Waals surface area contributed by atoms with Crippen LogP contribution in [0.3, 0.4) is 0 Å². The smallest absolute Gasteiger partial charge is 0.342 e. The molecule has 1 amide bonds. The number of aromatic nitrogens is 2. The zero-order valence-electron chi connectivity index (χ0n) is 10.7. The Morgan fingerprint density at radius 2 is 2.10 bits per heavy atom. The number of thiazole rings is 1. The number of pyridine rings is 1. The third-order valence-corrected chi connectivity index (χ3v) is 3.61. The van der Waals surface area contributed by atoms with Crippen LogP contribution in [0.4, 0.5) is 17.6 Å². The van der Waals surface area contributed by atoms with E-state index in [0.29, 0.717) is 10.6 Å². The monoisotopic (exact) mass is 319 g/mol. The normalized spacial score (nSPS) is 11.5. The van der Waals surface area contributed by atoms with Crippen LogP contribution in [-0.2, 0) is 0 Å². The van der Waals surface area contributed by atoms with Gasteiger partial charge in [0.15, 0.2) is 0 Å². The summed E-state index contributed by atoms with van der Waals surface area (Å²) in [5.74, 6) is -1.43. The Labute approximate surface area is 120 Å². The molecule has 0 unspecified atom stereocenters. The molecule has 0 aliphatic carbocycles. The summed E-state index contributed by atoms with van der Waals surface area (Å²) in [6.45, 7) is 0.0786. The molecule has 4 nitrogen and oxygen atoms in total. The largest absolute Gasteiger partial charge is 0.405 e. The van der Waals surface area contributed by atoms with Crippen LogP contribution in [0, 0.1) is 12.7 Å². The lowest BCUT2D eigenvalue weighted by atomic mass is 10.3. The number of carbonyl (C=O) groups excluding carboxylic acids is 1. The first-order valence-corrected chi connectivity index (χ1v) is 6.51. The van der Waals surface area contributed by atoms with Crippen molar-refractivity contribution in [1.29, 1.82) is 0 Å². The van der Waals surface area contributed by atoms with Gasteiger partial charge in [-0.3, -0.25) is 9.78 Å². The third kappa shape index (κ3) is 3.97. The van der Waals surface area contributed by atoms with Crippen LogP contribution in [0.1, 0.15) is 15.4 Å². The van der Waals surface area contributed by atoms with Gasteiger partial charge in [-0.1, -0.05) is 0 Å². The van der Waals surface area contributed by atoms with Gasteiger partial charge < -0.3 is 5.32 Å². The number of aryl methyl sites for hydroxylation is 1. The minimum atomic E-state index is -4.48. The van der Waals surface area contributed by atoms with Gasteiger partial charge in [-0.15, -0.1) is 11.3 Å². The van der Waals surface area contributed by atoms with Gasteiger partial charge in [0.25, 0.3) is 5.91 Å². The number of halogens is 4. The molecule has 0 saturated carbocycles. The molecule has 0 aliphatic rings. The summed E-state index contributed by atoms with van der Waals surface area (Å²) in [7, 11) is 0. The predicted molar refractivity (Wildman–Crippen MR) is 68.4 cm³/mol. The van der Waals surface area contributed by atoms with Gasteiger partial charge in [0.05, 0.1) is 11.9 Å². The number of alkyl halides is 3. The molecule has 112 valence electrons. The molecule has 2 aromatic rings. The molecule has 2 heterocycles. The molecule has 0 radical (unpaired) electrons. The lowest BCUT2D eigenvalue weighted by Crippen LogP contribution is -2.33. The second-order valence-corrected chi connectivity index (χ2v) is 5.12. The van der Waals surface area contributed by atoms with E-state index in [2.05, 4.69) is 9.97 Å². The van der Waals surface area contributed by atoms with Gasteiger partial charge in [-0.05, 0) is 13.0 Å². The fraction of sp³-hybridized carbons (Fsp3) is 0.250. The van der Waals surface area contributed by atoms with Crippen LogP contribution in [-0.4, -0.2) is 28.6 Å². The van der Waals surface area contributed by atoms with E-state index in [0.717, 1.165) is 17.5 Å². The van der Waals surface area contributed by atoms with Crippen molar-refractivity contribution in [3.8, 4) is 10.6 Å². The third-order valence-electron chi connectivity index (χ3n) is 2.40. The van der Waals surface area contributed by atoms with Crippen LogP contribution < -0.4 is 5.32 Å². The number of nitrogens with one attached hydrogen (secondary N) is 1. The van der Waals surface area contributed by atoms with Crippen molar-refractivity contribution in [1.82, 2.24) is 15.3 Å². The highest BCUT2D eigenvalue weighted by atomic mass is 32.1. The second kappa shape index (κ2) is 5.76. The highest BCUT2D eigenvalue weighted by molar-refractivity contribution is 7.17. The standard InChI is InChI=1S/C12H9F4N3OS/c1-6-9(10(20)18-5-12(14,15)16)21-11(19-6)7-2-8(13)4-17-3-7/h2-4H,5H2,1H3,(H,18,20). The summed E-state index contributed by atoms with van der Waals surface area (Å²) in [5.41, 5.74) is 0.636. The number of amides is 1. The fourth-order valence-electron chi connectivity index (χ4n) is 1.52. The summed E-state index contributed by atoms with van der Waals surface area (Å²) in [4.78, 5) is 19.5. The van der Waals surface area contributed by atoms with Gasteiger partial charge >= 0.3 is 6.18 Å². The molecule has 0 atom stereocenters.